The van der Waals surface area contributed by atoms with E-state index in [0.717, 1.165) is 0 Å². The molecule has 0 bridgehead atoms. The number of carboxylic acid groups (broad SMARTS) is 1. The minimum atomic E-state index is -1.25. The average Bonchev–Trinajstić information content (AvgIpc) is 2.58. The smallest absolute Gasteiger partial charge is 0.336 e. The maximum absolute atomic E-state index is 12.0. The molecule has 0 unspecified atom stereocenters. The van der Waals surface area contributed by atoms with Gasteiger partial charge in [-0.1, -0.05) is 35.3 Å². The summed E-state index contributed by atoms with van der Waals surface area (Å²) < 4.78 is 5.21. The summed E-state index contributed by atoms with van der Waals surface area (Å²) in [7, 11) is 0. The Balaban J connectivity index is 1.90. The average molecular weight is 383 g/mol. The van der Waals surface area contributed by atoms with Gasteiger partial charge in [0.2, 0.25) is 0 Å². The molecule has 0 saturated heterocycles. The molecule has 9 heteroatoms. The SMILES string of the molecule is O=C(COc1ccc(Cl)cc1Cl)NNC(=O)c1ccccc1C(=O)O. The third-order valence-corrected chi connectivity index (χ3v) is 3.50. The molecule has 0 saturated carbocycles. The summed E-state index contributed by atoms with van der Waals surface area (Å²) in [6.45, 7) is -0.414. The van der Waals surface area contributed by atoms with E-state index in [2.05, 4.69) is 10.9 Å². The molecular formula is C16H12Cl2N2O5. The number of hydrogen-bond donors (Lipinski definition) is 3. The second kappa shape index (κ2) is 8.36. The summed E-state index contributed by atoms with van der Waals surface area (Å²) in [4.78, 5) is 34.8. The summed E-state index contributed by atoms with van der Waals surface area (Å²) in [5.74, 6) is -2.43. The number of carboxylic acids is 1. The minimum Gasteiger partial charge on any atom is -0.482 e. The van der Waals surface area contributed by atoms with E-state index in [1.54, 1.807) is 6.07 Å². The molecule has 2 aromatic rings. The van der Waals surface area contributed by atoms with Gasteiger partial charge in [-0.15, -0.1) is 0 Å². The topological polar surface area (TPSA) is 105 Å². The molecule has 0 heterocycles. The van der Waals surface area contributed by atoms with Crippen LogP contribution in [0.1, 0.15) is 20.7 Å². The highest BCUT2D eigenvalue weighted by molar-refractivity contribution is 6.35. The number of hydrazine groups is 1. The molecule has 25 heavy (non-hydrogen) atoms. The van der Waals surface area contributed by atoms with Crippen molar-refractivity contribution in [2.24, 2.45) is 0 Å². The number of halogens is 2. The Hall–Kier alpha value is -2.77. The molecule has 0 aromatic heterocycles. The first kappa shape index (κ1) is 18.6. The van der Waals surface area contributed by atoms with Crippen molar-refractivity contribution in [3.63, 3.8) is 0 Å². The summed E-state index contributed by atoms with van der Waals surface area (Å²) in [6, 6.07) is 10.1. The highest BCUT2D eigenvalue weighted by atomic mass is 35.5. The molecule has 3 N–H and O–H groups in total. The van der Waals surface area contributed by atoms with Crippen LogP contribution in [-0.4, -0.2) is 29.5 Å². The van der Waals surface area contributed by atoms with Crippen LogP contribution in [0.4, 0.5) is 0 Å². The first-order valence-electron chi connectivity index (χ1n) is 6.88. The first-order chi connectivity index (χ1) is 11.9. The van der Waals surface area contributed by atoms with Gasteiger partial charge < -0.3 is 9.84 Å². The molecule has 2 amide bonds. The van der Waals surface area contributed by atoms with Gasteiger partial charge in [-0.05, 0) is 30.3 Å². The van der Waals surface area contributed by atoms with E-state index in [1.165, 1.54) is 36.4 Å². The van der Waals surface area contributed by atoms with Crippen molar-refractivity contribution in [1.29, 1.82) is 0 Å². The fraction of sp³-hybridized carbons (Fsp3) is 0.0625. The maximum atomic E-state index is 12.0. The predicted molar refractivity (Wildman–Crippen MR) is 91.0 cm³/mol. The number of carbonyl (C=O) groups excluding carboxylic acids is 2. The molecule has 130 valence electrons. The van der Waals surface area contributed by atoms with Gasteiger partial charge in [0.15, 0.2) is 6.61 Å². The van der Waals surface area contributed by atoms with Crippen LogP contribution in [0, 0.1) is 0 Å². The van der Waals surface area contributed by atoms with Crippen LogP contribution in [-0.2, 0) is 4.79 Å². The Labute approximate surface area is 152 Å². The number of hydrogen-bond acceptors (Lipinski definition) is 4. The van der Waals surface area contributed by atoms with E-state index in [9.17, 15) is 14.4 Å². The number of ether oxygens (including phenoxy) is 1. The van der Waals surface area contributed by atoms with E-state index < -0.39 is 24.4 Å². The Morgan fingerprint density at radius 1 is 1.00 bits per heavy atom. The monoisotopic (exact) mass is 382 g/mol. The Kier molecular flexibility index (Phi) is 6.21. The second-order valence-corrected chi connectivity index (χ2v) is 5.56. The van der Waals surface area contributed by atoms with Gasteiger partial charge in [-0.25, -0.2) is 4.79 Å². The summed E-state index contributed by atoms with van der Waals surface area (Å²) in [5, 5.41) is 9.70. The van der Waals surface area contributed by atoms with Crippen LogP contribution in [0.2, 0.25) is 10.0 Å². The molecule has 0 spiro atoms. The molecule has 0 aliphatic heterocycles. The number of nitrogens with one attached hydrogen (secondary N) is 2. The zero-order chi connectivity index (χ0) is 18.4. The Morgan fingerprint density at radius 3 is 2.32 bits per heavy atom. The van der Waals surface area contributed by atoms with Crippen molar-refractivity contribution in [2.45, 2.75) is 0 Å². The van der Waals surface area contributed by atoms with Gasteiger partial charge in [0.1, 0.15) is 5.75 Å². The lowest BCUT2D eigenvalue weighted by Crippen LogP contribution is -2.44. The molecule has 0 aliphatic rings. The van der Waals surface area contributed by atoms with Crippen LogP contribution < -0.4 is 15.6 Å². The zero-order valence-corrected chi connectivity index (χ0v) is 14.1. The maximum Gasteiger partial charge on any atom is 0.336 e. The first-order valence-corrected chi connectivity index (χ1v) is 7.63. The van der Waals surface area contributed by atoms with Crippen molar-refractivity contribution in [1.82, 2.24) is 10.9 Å². The predicted octanol–water partition coefficient (Wildman–Crippen LogP) is 2.53. The van der Waals surface area contributed by atoms with Crippen molar-refractivity contribution in [2.75, 3.05) is 6.61 Å². The highest BCUT2D eigenvalue weighted by Crippen LogP contribution is 2.27. The zero-order valence-electron chi connectivity index (χ0n) is 12.6. The van der Waals surface area contributed by atoms with Crippen molar-refractivity contribution >= 4 is 41.0 Å². The van der Waals surface area contributed by atoms with Crippen molar-refractivity contribution in [3.8, 4) is 5.75 Å². The summed E-state index contributed by atoms with van der Waals surface area (Å²) >= 11 is 11.6. The molecule has 0 radical (unpaired) electrons. The van der Waals surface area contributed by atoms with Gasteiger partial charge in [-0.2, -0.15) is 0 Å². The van der Waals surface area contributed by atoms with E-state index in [0.29, 0.717) is 5.02 Å². The molecule has 2 rings (SSSR count). The van der Waals surface area contributed by atoms with E-state index in [1.807, 2.05) is 0 Å². The fourth-order valence-electron chi connectivity index (χ4n) is 1.83. The van der Waals surface area contributed by atoms with Crippen LogP contribution in [0.3, 0.4) is 0 Å². The third kappa shape index (κ3) is 5.10. The molecule has 0 aliphatic carbocycles. The molecule has 0 fully saturated rings. The van der Waals surface area contributed by atoms with Crippen LogP contribution in [0.15, 0.2) is 42.5 Å². The second-order valence-electron chi connectivity index (χ2n) is 4.72. The fourth-order valence-corrected chi connectivity index (χ4v) is 2.30. The standard InChI is InChI=1S/C16H12Cl2N2O5/c17-9-5-6-13(12(18)7-9)25-8-14(21)19-20-15(22)10-3-1-2-4-11(10)16(23)24/h1-7H,8H2,(H,19,21)(H,20,22)(H,23,24). The Bertz CT molecular complexity index is 826. The highest BCUT2D eigenvalue weighted by Gasteiger charge is 2.16. The number of rotatable bonds is 5. The van der Waals surface area contributed by atoms with Crippen molar-refractivity contribution in [3.05, 3.63) is 63.6 Å². The van der Waals surface area contributed by atoms with Crippen LogP contribution in [0.5, 0.6) is 5.75 Å². The number of benzene rings is 2. The largest absolute Gasteiger partial charge is 0.482 e. The van der Waals surface area contributed by atoms with Gasteiger partial charge in [0.25, 0.3) is 11.8 Å². The van der Waals surface area contributed by atoms with Crippen molar-refractivity contribution < 1.29 is 24.2 Å². The number of carbonyl (C=O) groups is 3. The van der Waals surface area contributed by atoms with Gasteiger partial charge in [-0.3, -0.25) is 20.4 Å². The summed E-state index contributed by atoms with van der Waals surface area (Å²) in [6.07, 6.45) is 0. The van der Waals surface area contributed by atoms with Crippen LogP contribution in [0.25, 0.3) is 0 Å². The quantitative estimate of drug-likeness (QED) is 0.689. The Morgan fingerprint density at radius 2 is 1.68 bits per heavy atom. The molecule has 2 aromatic carbocycles. The van der Waals surface area contributed by atoms with E-state index in [-0.39, 0.29) is 21.9 Å². The third-order valence-electron chi connectivity index (χ3n) is 2.97. The van der Waals surface area contributed by atoms with Gasteiger partial charge in [0.05, 0.1) is 16.1 Å². The molecular weight excluding hydrogens is 371 g/mol. The molecule has 0 atom stereocenters. The van der Waals surface area contributed by atoms with E-state index >= 15 is 0 Å². The number of amides is 2. The molecule has 7 nitrogen and oxygen atoms in total. The normalized spacial score (nSPS) is 10.0. The number of aromatic carboxylic acids is 1. The lowest BCUT2D eigenvalue weighted by Gasteiger charge is -2.10. The van der Waals surface area contributed by atoms with Gasteiger partial charge >= 0.3 is 5.97 Å². The summed E-state index contributed by atoms with van der Waals surface area (Å²) in [5.41, 5.74) is 3.97. The van der Waals surface area contributed by atoms with E-state index in [4.69, 9.17) is 33.0 Å². The lowest BCUT2D eigenvalue weighted by molar-refractivity contribution is -0.123. The van der Waals surface area contributed by atoms with Gasteiger partial charge in [0, 0.05) is 5.02 Å². The lowest BCUT2D eigenvalue weighted by atomic mass is 10.1. The van der Waals surface area contributed by atoms with Crippen LogP contribution >= 0.6 is 23.2 Å². The minimum absolute atomic E-state index is 0.0861.